The van der Waals surface area contributed by atoms with Crippen molar-refractivity contribution in [1.29, 1.82) is 0 Å². The van der Waals surface area contributed by atoms with E-state index in [1.807, 2.05) is 31.2 Å². The standard InChI is InChI=1S/C13H18BrNO3S/c1-2-13(6-8-16)15-19(17,18)9-7-11-4-3-5-12(14)10-11/h3-5,7,9-10,13,15-16H,2,6,8H2,1H3/b9-7+. The average Bonchev–Trinajstić information content (AvgIpc) is 2.36. The summed E-state index contributed by atoms with van der Waals surface area (Å²) in [5.41, 5.74) is 0.801. The molecular formula is C13H18BrNO3S. The molecule has 0 aromatic heterocycles. The number of sulfonamides is 1. The third-order valence-corrected chi connectivity index (χ3v) is 4.24. The first-order valence-electron chi connectivity index (χ1n) is 6.03. The van der Waals surface area contributed by atoms with Crippen molar-refractivity contribution in [2.45, 2.75) is 25.8 Å². The van der Waals surface area contributed by atoms with Crippen molar-refractivity contribution in [1.82, 2.24) is 4.72 Å². The average molecular weight is 348 g/mol. The lowest BCUT2D eigenvalue weighted by atomic mass is 10.2. The maximum Gasteiger partial charge on any atom is 0.233 e. The molecular weight excluding hydrogens is 330 g/mol. The van der Waals surface area contributed by atoms with Crippen LogP contribution in [0.1, 0.15) is 25.3 Å². The van der Waals surface area contributed by atoms with Crippen LogP contribution in [0.15, 0.2) is 34.1 Å². The van der Waals surface area contributed by atoms with Gasteiger partial charge in [-0.05, 0) is 36.6 Å². The minimum atomic E-state index is -3.48. The predicted octanol–water partition coefficient (Wildman–Crippen LogP) is 2.50. The molecule has 1 atom stereocenters. The van der Waals surface area contributed by atoms with Crippen LogP contribution < -0.4 is 4.72 Å². The van der Waals surface area contributed by atoms with E-state index in [1.165, 1.54) is 0 Å². The molecule has 0 saturated carbocycles. The molecule has 0 aliphatic heterocycles. The molecule has 1 unspecified atom stereocenters. The molecule has 106 valence electrons. The molecule has 0 radical (unpaired) electrons. The summed E-state index contributed by atoms with van der Waals surface area (Å²) >= 11 is 3.33. The van der Waals surface area contributed by atoms with Gasteiger partial charge in [0.05, 0.1) is 0 Å². The van der Waals surface area contributed by atoms with Gasteiger partial charge in [-0.1, -0.05) is 35.0 Å². The van der Waals surface area contributed by atoms with Crippen LogP contribution in [-0.2, 0) is 10.0 Å². The Morgan fingerprint density at radius 1 is 1.47 bits per heavy atom. The normalized spacial score (nSPS) is 13.8. The fraction of sp³-hybridized carbons (Fsp3) is 0.385. The number of hydrogen-bond donors (Lipinski definition) is 2. The number of nitrogens with one attached hydrogen (secondary N) is 1. The van der Waals surface area contributed by atoms with Gasteiger partial charge in [-0.15, -0.1) is 0 Å². The highest BCUT2D eigenvalue weighted by molar-refractivity contribution is 9.10. The quantitative estimate of drug-likeness (QED) is 0.796. The maximum absolute atomic E-state index is 11.8. The van der Waals surface area contributed by atoms with Crippen molar-refractivity contribution in [3.8, 4) is 0 Å². The molecule has 0 fully saturated rings. The van der Waals surface area contributed by atoms with Gasteiger partial charge in [0, 0.05) is 22.5 Å². The number of benzene rings is 1. The topological polar surface area (TPSA) is 66.4 Å². The number of hydrogen-bond acceptors (Lipinski definition) is 3. The predicted molar refractivity (Wildman–Crippen MR) is 81.0 cm³/mol. The first kappa shape index (κ1) is 16.4. The Balaban J connectivity index is 2.73. The van der Waals surface area contributed by atoms with Crippen LogP contribution in [0.3, 0.4) is 0 Å². The largest absolute Gasteiger partial charge is 0.396 e. The van der Waals surface area contributed by atoms with Gasteiger partial charge in [0.25, 0.3) is 0 Å². The lowest BCUT2D eigenvalue weighted by Gasteiger charge is -2.13. The van der Waals surface area contributed by atoms with E-state index in [0.717, 1.165) is 15.4 Å². The highest BCUT2D eigenvalue weighted by Gasteiger charge is 2.12. The van der Waals surface area contributed by atoms with E-state index in [0.29, 0.717) is 12.8 Å². The van der Waals surface area contributed by atoms with Crippen molar-refractivity contribution in [2.24, 2.45) is 0 Å². The van der Waals surface area contributed by atoms with E-state index in [2.05, 4.69) is 20.7 Å². The first-order chi connectivity index (χ1) is 8.96. The van der Waals surface area contributed by atoms with E-state index < -0.39 is 10.0 Å². The van der Waals surface area contributed by atoms with E-state index >= 15 is 0 Å². The Bertz CT molecular complexity index is 528. The summed E-state index contributed by atoms with van der Waals surface area (Å²) in [5.74, 6) is 0. The molecule has 1 aromatic rings. The third-order valence-electron chi connectivity index (χ3n) is 2.59. The molecule has 1 aromatic carbocycles. The van der Waals surface area contributed by atoms with Gasteiger partial charge in [-0.3, -0.25) is 0 Å². The van der Waals surface area contributed by atoms with Crippen molar-refractivity contribution in [2.75, 3.05) is 6.61 Å². The summed E-state index contributed by atoms with van der Waals surface area (Å²) in [6, 6.07) is 7.13. The van der Waals surface area contributed by atoms with Crippen molar-refractivity contribution < 1.29 is 13.5 Å². The van der Waals surface area contributed by atoms with Crippen LogP contribution >= 0.6 is 15.9 Å². The van der Waals surface area contributed by atoms with Crippen LogP contribution in [0.2, 0.25) is 0 Å². The summed E-state index contributed by atoms with van der Waals surface area (Å²) in [6.07, 6.45) is 2.60. The first-order valence-corrected chi connectivity index (χ1v) is 8.37. The van der Waals surface area contributed by atoms with Gasteiger partial charge in [-0.25, -0.2) is 13.1 Å². The van der Waals surface area contributed by atoms with Gasteiger partial charge in [-0.2, -0.15) is 0 Å². The molecule has 1 rings (SSSR count). The molecule has 0 amide bonds. The summed E-state index contributed by atoms with van der Waals surface area (Å²) in [5, 5.41) is 9.99. The van der Waals surface area contributed by atoms with Gasteiger partial charge >= 0.3 is 0 Å². The van der Waals surface area contributed by atoms with Crippen LogP contribution in [0, 0.1) is 0 Å². The van der Waals surface area contributed by atoms with Crippen molar-refractivity contribution in [3.05, 3.63) is 39.7 Å². The summed E-state index contributed by atoms with van der Waals surface area (Å²) < 4.78 is 27.1. The van der Waals surface area contributed by atoms with E-state index in [4.69, 9.17) is 5.11 Å². The minimum Gasteiger partial charge on any atom is -0.396 e. The van der Waals surface area contributed by atoms with Gasteiger partial charge in [0.1, 0.15) is 0 Å². The highest BCUT2D eigenvalue weighted by atomic mass is 79.9. The monoisotopic (exact) mass is 347 g/mol. The van der Waals surface area contributed by atoms with Gasteiger partial charge in [0.15, 0.2) is 0 Å². The van der Waals surface area contributed by atoms with E-state index in [-0.39, 0.29) is 12.6 Å². The Kier molecular flexibility index (Phi) is 6.71. The van der Waals surface area contributed by atoms with Crippen LogP contribution in [0.4, 0.5) is 0 Å². The zero-order valence-corrected chi connectivity index (χ0v) is 13.1. The Labute approximate surface area is 122 Å². The van der Waals surface area contributed by atoms with Crippen LogP contribution in [0.25, 0.3) is 6.08 Å². The van der Waals surface area contributed by atoms with E-state index in [1.54, 1.807) is 6.08 Å². The molecule has 0 heterocycles. The lowest BCUT2D eigenvalue weighted by Crippen LogP contribution is -2.33. The number of aliphatic hydroxyl groups is 1. The molecule has 0 bridgehead atoms. The fourth-order valence-electron chi connectivity index (χ4n) is 1.55. The van der Waals surface area contributed by atoms with E-state index in [9.17, 15) is 8.42 Å². The zero-order valence-electron chi connectivity index (χ0n) is 10.7. The third kappa shape index (κ3) is 6.33. The second kappa shape index (κ2) is 7.79. The molecule has 0 saturated heterocycles. The number of aliphatic hydroxyl groups excluding tert-OH is 1. The number of halogens is 1. The molecule has 2 N–H and O–H groups in total. The molecule has 19 heavy (non-hydrogen) atoms. The fourth-order valence-corrected chi connectivity index (χ4v) is 3.13. The lowest BCUT2D eigenvalue weighted by molar-refractivity contribution is 0.270. The van der Waals surface area contributed by atoms with Crippen LogP contribution in [0.5, 0.6) is 0 Å². The molecule has 6 heteroatoms. The van der Waals surface area contributed by atoms with Crippen molar-refractivity contribution in [3.63, 3.8) is 0 Å². The molecule has 4 nitrogen and oxygen atoms in total. The molecule has 0 aliphatic rings. The smallest absolute Gasteiger partial charge is 0.233 e. The second-order valence-corrected chi connectivity index (χ2v) is 6.65. The highest BCUT2D eigenvalue weighted by Crippen LogP contribution is 2.13. The molecule has 0 aliphatic carbocycles. The Hall–Kier alpha value is -0.690. The summed E-state index contributed by atoms with van der Waals surface area (Å²) in [7, 11) is -3.48. The van der Waals surface area contributed by atoms with Gasteiger partial charge in [0.2, 0.25) is 10.0 Å². The Morgan fingerprint density at radius 2 is 2.21 bits per heavy atom. The Morgan fingerprint density at radius 3 is 2.79 bits per heavy atom. The zero-order chi connectivity index (χ0) is 14.3. The number of rotatable bonds is 7. The summed E-state index contributed by atoms with van der Waals surface area (Å²) in [6.45, 7) is 1.84. The van der Waals surface area contributed by atoms with Crippen LogP contribution in [-0.4, -0.2) is 26.2 Å². The molecule has 0 spiro atoms. The van der Waals surface area contributed by atoms with Crippen molar-refractivity contribution >= 4 is 32.0 Å². The SMILES string of the molecule is CCC(CCO)NS(=O)(=O)/C=C/c1cccc(Br)c1. The maximum atomic E-state index is 11.8. The van der Waals surface area contributed by atoms with Gasteiger partial charge < -0.3 is 5.11 Å². The minimum absolute atomic E-state index is 0.0314. The second-order valence-electron chi connectivity index (χ2n) is 4.14. The summed E-state index contributed by atoms with van der Waals surface area (Å²) in [4.78, 5) is 0.